The number of nitrogens with zero attached hydrogens (tertiary/aromatic N) is 3. The molecule has 8 aromatic rings. The molecule has 4 nitrogen and oxygen atoms in total. The molecule has 3 aromatic heterocycles. The molecule has 5 aromatic carbocycles. The first-order valence-electron chi connectivity index (χ1n) is 13.3. The van der Waals surface area contributed by atoms with Crippen LogP contribution in [0.2, 0.25) is 0 Å². The van der Waals surface area contributed by atoms with E-state index in [0.717, 1.165) is 61.3 Å². The van der Waals surface area contributed by atoms with Crippen molar-refractivity contribution in [1.29, 1.82) is 0 Å². The van der Waals surface area contributed by atoms with E-state index in [0.29, 0.717) is 0 Å². The summed E-state index contributed by atoms with van der Waals surface area (Å²) in [6.07, 6.45) is 1.86. The van der Waals surface area contributed by atoms with Crippen molar-refractivity contribution in [3.8, 4) is 33.9 Å². The Labute approximate surface area is 230 Å². The normalized spacial score (nSPS) is 11.5. The quantitative estimate of drug-likeness (QED) is 0.220. The van der Waals surface area contributed by atoms with Crippen LogP contribution in [0.1, 0.15) is 0 Å². The van der Waals surface area contributed by atoms with Gasteiger partial charge in [-0.1, -0.05) is 72.8 Å². The number of pyridine rings is 2. The van der Waals surface area contributed by atoms with Crippen molar-refractivity contribution in [3.63, 3.8) is 0 Å². The van der Waals surface area contributed by atoms with Crippen molar-refractivity contribution in [1.82, 2.24) is 14.4 Å². The summed E-state index contributed by atoms with van der Waals surface area (Å²) in [7, 11) is 0. The lowest BCUT2D eigenvalue weighted by atomic mass is 10.0. The minimum absolute atomic E-state index is 0.758. The molecule has 4 heteroatoms. The zero-order valence-electron chi connectivity index (χ0n) is 21.5. The molecule has 0 amide bonds. The largest absolute Gasteiger partial charge is 0.457 e. The highest BCUT2D eigenvalue weighted by atomic mass is 16.5. The first kappa shape index (κ1) is 22.5. The molecule has 40 heavy (non-hydrogen) atoms. The Morgan fingerprint density at radius 2 is 1.27 bits per heavy atom. The van der Waals surface area contributed by atoms with Gasteiger partial charge in [0.15, 0.2) is 0 Å². The summed E-state index contributed by atoms with van der Waals surface area (Å²) in [6, 6.07) is 45.7. The molecule has 0 N–H and O–H groups in total. The Morgan fingerprint density at radius 3 is 2.20 bits per heavy atom. The number of benzene rings is 5. The Kier molecular flexibility index (Phi) is 5.10. The zero-order chi connectivity index (χ0) is 26.5. The molecule has 0 unspecified atom stereocenters. The van der Waals surface area contributed by atoms with E-state index in [1.165, 1.54) is 10.9 Å². The molecule has 0 atom stereocenters. The van der Waals surface area contributed by atoms with Crippen molar-refractivity contribution >= 4 is 38.4 Å². The fourth-order valence-corrected chi connectivity index (χ4v) is 5.61. The summed E-state index contributed by atoms with van der Waals surface area (Å²) in [5, 5.41) is 3.40. The minimum atomic E-state index is 0.758. The third-order valence-electron chi connectivity index (χ3n) is 7.46. The van der Waals surface area contributed by atoms with E-state index in [4.69, 9.17) is 9.72 Å². The Balaban J connectivity index is 1.22. The second kappa shape index (κ2) is 9.07. The van der Waals surface area contributed by atoms with Crippen LogP contribution < -0.4 is 4.74 Å². The van der Waals surface area contributed by atoms with Crippen LogP contribution in [0.3, 0.4) is 0 Å². The second-order valence-electron chi connectivity index (χ2n) is 9.91. The lowest BCUT2D eigenvalue weighted by Crippen LogP contribution is -1.92. The maximum Gasteiger partial charge on any atom is 0.146 e. The molecule has 0 spiro atoms. The number of ether oxygens (including phenoxy) is 1. The Hall–Kier alpha value is -5.48. The zero-order valence-corrected chi connectivity index (χ0v) is 21.5. The van der Waals surface area contributed by atoms with Crippen LogP contribution in [-0.4, -0.2) is 14.4 Å². The van der Waals surface area contributed by atoms with Crippen molar-refractivity contribution in [2.75, 3.05) is 0 Å². The van der Waals surface area contributed by atoms with Gasteiger partial charge in [0.2, 0.25) is 0 Å². The average molecular weight is 514 g/mol. The molecule has 0 saturated heterocycles. The summed E-state index contributed by atoms with van der Waals surface area (Å²) in [5.74, 6) is 1.52. The highest BCUT2D eigenvalue weighted by molar-refractivity contribution is 6.14. The summed E-state index contributed by atoms with van der Waals surface area (Å²) in [6.45, 7) is 0. The van der Waals surface area contributed by atoms with Crippen molar-refractivity contribution < 1.29 is 4.74 Å². The van der Waals surface area contributed by atoms with Crippen LogP contribution in [0.4, 0.5) is 0 Å². The number of hydrogen-bond acceptors (Lipinski definition) is 3. The first-order chi connectivity index (χ1) is 19.8. The molecular weight excluding hydrogens is 490 g/mol. The fraction of sp³-hybridized carbons (Fsp3) is 0. The highest BCUT2D eigenvalue weighted by Crippen LogP contribution is 2.36. The van der Waals surface area contributed by atoms with Crippen LogP contribution >= 0.6 is 0 Å². The topological polar surface area (TPSA) is 39.4 Å². The Bertz CT molecular complexity index is 2200. The van der Waals surface area contributed by atoms with Gasteiger partial charge in [-0.25, -0.2) is 4.98 Å². The summed E-state index contributed by atoms with van der Waals surface area (Å²) in [4.78, 5) is 9.67. The number of imidazole rings is 1. The average Bonchev–Trinajstić information content (AvgIpc) is 3.42. The molecule has 3 heterocycles. The molecule has 188 valence electrons. The predicted octanol–water partition coefficient (Wildman–Crippen LogP) is 9.32. The Morgan fingerprint density at radius 1 is 0.500 bits per heavy atom. The lowest BCUT2D eigenvalue weighted by molar-refractivity contribution is 0.483. The van der Waals surface area contributed by atoms with E-state index < -0.39 is 0 Å². The number of para-hydroxylation sites is 3. The number of rotatable bonds is 4. The molecule has 0 saturated carbocycles. The van der Waals surface area contributed by atoms with Crippen molar-refractivity contribution in [2.45, 2.75) is 0 Å². The number of aromatic nitrogens is 3. The molecule has 0 bridgehead atoms. The standard InChI is InChI=1S/C36H23N3O/c1-2-9-24(10-3-1)25-19-20-37-33(22-25)26-11-8-12-27(21-26)40-28-17-18-29-30-13-4-6-15-34(30)39-35-16-7-5-14-32(35)38-36(39)31(29)23-28/h1-23H. The molecule has 8 rings (SSSR count). The van der Waals surface area contributed by atoms with Gasteiger partial charge in [0.1, 0.15) is 17.1 Å². The maximum absolute atomic E-state index is 6.43. The maximum atomic E-state index is 6.43. The fourth-order valence-electron chi connectivity index (χ4n) is 5.61. The van der Waals surface area contributed by atoms with Gasteiger partial charge in [0, 0.05) is 22.5 Å². The van der Waals surface area contributed by atoms with Gasteiger partial charge in [-0.15, -0.1) is 0 Å². The van der Waals surface area contributed by atoms with Gasteiger partial charge in [-0.2, -0.15) is 0 Å². The molecule has 0 fully saturated rings. The van der Waals surface area contributed by atoms with E-state index in [1.807, 2.05) is 48.7 Å². The van der Waals surface area contributed by atoms with Gasteiger partial charge in [0.05, 0.1) is 22.2 Å². The van der Waals surface area contributed by atoms with Crippen LogP contribution in [0.15, 0.2) is 140 Å². The van der Waals surface area contributed by atoms with Gasteiger partial charge in [-0.3, -0.25) is 9.38 Å². The molecule has 0 aliphatic rings. The van der Waals surface area contributed by atoms with E-state index in [2.05, 4.69) is 100 Å². The monoisotopic (exact) mass is 513 g/mol. The van der Waals surface area contributed by atoms with E-state index in [-0.39, 0.29) is 0 Å². The van der Waals surface area contributed by atoms with E-state index in [9.17, 15) is 0 Å². The smallest absolute Gasteiger partial charge is 0.146 e. The van der Waals surface area contributed by atoms with Crippen molar-refractivity contribution in [2.24, 2.45) is 0 Å². The molecular formula is C36H23N3O. The predicted molar refractivity (Wildman–Crippen MR) is 163 cm³/mol. The first-order valence-corrected chi connectivity index (χ1v) is 13.3. The van der Waals surface area contributed by atoms with Crippen molar-refractivity contribution in [3.05, 3.63) is 140 Å². The van der Waals surface area contributed by atoms with Crippen LogP contribution in [0.5, 0.6) is 11.5 Å². The highest BCUT2D eigenvalue weighted by Gasteiger charge is 2.14. The van der Waals surface area contributed by atoms with Gasteiger partial charge >= 0.3 is 0 Å². The summed E-state index contributed by atoms with van der Waals surface area (Å²) >= 11 is 0. The lowest BCUT2D eigenvalue weighted by Gasteiger charge is -2.12. The third kappa shape index (κ3) is 3.69. The molecule has 0 aliphatic carbocycles. The van der Waals surface area contributed by atoms with Gasteiger partial charge < -0.3 is 4.74 Å². The molecule has 0 aliphatic heterocycles. The minimum Gasteiger partial charge on any atom is -0.457 e. The van der Waals surface area contributed by atoms with Gasteiger partial charge in [-0.05, 0) is 77.2 Å². The van der Waals surface area contributed by atoms with Gasteiger partial charge in [0.25, 0.3) is 0 Å². The van der Waals surface area contributed by atoms with Crippen LogP contribution in [0.25, 0.3) is 60.7 Å². The summed E-state index contributed by atoms with van der Waals surface area (Å²) in [5.41, 5.74) is 8.35. The second-order valence-corrected chi connectivity index (χ2v) is 9.91. The van der Waals surface area contributed by atoms with E-state index in [1.54, 1.807) is 0 Å². The van der Waals surface area contributed by atoms with E-state index >= 15 is 0 Å². The van der Waals surface area contributed by atoms with Crippen LogP contribution in [0, 0.1) is 0 Å². The number of fused-ring (bicyclic) bond motifs is 8. The SMILES string of the molecule is c1ccc(-c2ccnc(-c3cccc(Oc4ccc5c6ccccc6n6c7ccccc7nc6c5c4)c3)c2)cc1. The number of hydrogen-bond donors (Lipinski definition) is 0. The third-order valence-corrected chi connectivity index (χ3v) is 7.46. The summed E-state index contributed by atoms with van der Waals surface area (Å²) < 4.78 is 8.69. The van der Waals surface area contributed by atoms with Crippen LogP contribution in [-0.2, 0) is 0 Å². The molecule has 0 radical (unpaired) electrons.